The van der Waals surface area contributed by atoms with E-state index in [9.17, 15) is 13.6 Å². The molecule has 0 heterocycles. The van der Waals surface area contributed by atoms with E-state index in [2.05, 4.69) is 26.1 Å². The SMILES string of the molecule is CC[N+](CC)(CC)CC(=O)Nc1ccc(SC(F)F)cc1.[Cl-]. The van der Waals surface area contributed by atoms with Gasteiger partial charge in [-0.25, -0.2) is 0 Å². The van der Waals surface area contributed by atoms with Crippen molar-refractivity contribution >= 4 is 23.4 Å². The summed E-state index contributed by atoms with van der Waals surface area (Å²) in [5.74, 6) is -2.48. The molecule has 22 heavy (non-hydrogen) atoms. The molecule has 0 spiro atoms. The smallest absolute Gasteiger partial charge is 0.288 e. The van der Waals surface area contributed by atoms with Gasteiger partial charge in [-0.05, 0) is 45.0 Å². The number of quaternary nitrogens is 1. The molecule has 3 nitrogen and oxygen atoms in total. The van der Waals surface area contributed by atoms with E-state index in [0.717, 1.165) is 24.1 Å². The van der Waals surface area contributed by atoms with Gasteiger partial charge in [-0.2, -0.15) is 8.78 Å². The van der Waals surface area contributed by atoms with Crippen molar-refractivity contribution in [2.45, 2.75) is 31.4 Å². The lowest BCUT2D eigenvalue weighted by atomic mass is 10.3. The highest BCUT2D eigenvalue weighted by molar-refractivity contribution is 7.99. The summed E-state index contributed by atoms with van der Waals surface area (Å²) in [6.07, 6.45) is 0. The van der Waals surface area contributed by atoms with E-state index < -0.39 is 5.76 Å². The number of rotatable bonds is 8. The van der Waals surface area contributed by atoms with Crippen molar-refractivity contribution in [3.63, 3.8) is 0 Å². The predicted molar refractivity (Wildman–Crippen MR) is 83.7 cm³/mol. The molecule has 1 aromatic rings. The van der Waals surface area contributed by atoms with Gasteiger partial charge in [0.05, 0.1) is 19.6 Å². The van der Waals surface area contributed by atoms with Gasteiger partial charge in [0.1, 0.15) is 0 Å². The van der Waals surface area contributed by atoms with Crippen LogP contribution in [-0.4, -0.2) is 42.3 Å². The molecule has 7 heteroatoms. The maximum atomic E-state index is 12.2. The first-order valence-electron chi connectivity index (χ1n) is 7.14. The highest BCUT2D eigenvalue weighted by Crippen LogP contribution is 2.26. The Balaban J connectivity index is 0.00000441. The van der Waals surface area contributed by atoms with Crippen LogP contribution in [0.4, 0.5) is 14.5 Å². The molecule has 0 saturated carbocycles. The van der Waals surface area contributed by atoms with E-state index in [0.29, 0.717) is 28.9 Å². The fourth-order valence-electron chi connectivity index (χ4n) is 2.23. The summed E-state index contributed by atoms with van der Waals surface area (Å²) in [4.78, 5) is 12.6. The van der Waals surface area contributed by atoms with Gasteiger partial charge in [0, 0.05) is 10.6 Å². The summed E-state index contributed by atoms with van der Waals surface area (Å²) < 4.78 is 25.2. The van der Waals surface area contributed by atoms with Gasteiger partial charge >= 0.3 is 0 Å². The number of alkyl halides is 2. The Morgan fingerprint density at radius 1 is 1.14 bits per heavy atom. The lowest BCUT2D eigenvalue weighted by Crippen LogP contribution is -3.00. The highest BCUT2D eigenvalue weighted by Gasteiger charge is 2.24. The number of carbonyl (C=O) groups is 1. The molecule has 1 aromatic carbocycles. The lowest BCUT2D eigenvalue weighted by molar-refractivity contribution is -0.915. The van der Waals surface area contributed by atoms with Crippen molar-refractivity contribution < 1.29 is 30.5 Å². The van der Waals surface area contributed by atoms with Crippen LogP contribution in [0.15, 0.2) is 29.2 Å². The van der Waals surface area contributed by atoms with Gasteiger partial charge in [-0.1, -0.05) is 11.8 Å². The minimum atomic E-state index is -2.43. The van der Waals surface area contributed by atoms with E-state index in [1.165, 1.54) is 0 Å². The first-order chi connectivity index (χ1) is 9.94. The fourth-order valence-corrected chi connectivity index (χ4v) is 2.73. The van der Waals surface area contributed by atoms with E-state index in [-0.39, 0.29) is 18.3 Å². The van der Waals surface area contributed by atoms with Crippen LogP contribution < -0.4 is 17.7 Å². The Labute approximate surface area is 141 Å². The number of halogens is 3. The number of likely N-dealkylation sites (N-methyl/N-ethyl adjacent to an activating group) is 1. The van der Waals surface area contributed by atoms with Gasteiger partial charge in [0.2, 0.25) is 0 Å². The summed E-state index contributed by atoms with van der Waals surface area (Å²) in [6, 6.07) is 6.49. The van der Waals surface area contributed by atoms with Crippen LogP contribution in [0.2, 0.25) is 0 Å². The normalized spacial score (nSPS) is 11.2. The first-order valence-corrected chi connectivity index (χ1v) is 8.02. The van der Waals surface area contributed by atoms with Crippen LogP contribution in [0.1, 0.15) is 20.8 Å². The van der Waals surface area contributed by atoms with Gasteiger partial charge < -0.3 is 22.2 Å². The zero-order chi connectivity index (χ0) is 15.9. The maximum absolute atomic E-state index is 12.2. The monoisotopic (exact) mass is 352 g/mol. The Bertz CT molecular complexity index is 445. The molecule has 0 radical (unpaired) electrons. The molecule has 0 unspecified atom stereocenters. The second-order valence-electron chi connectivity index (χ2n) is 4.90. The average Bonchev–Trinajstić information content (AvgIpc) is 2.46. The van der Waals surface area contributed by atoms with E-state index in [1.807, 2.05) is 0 Å². The molecule has 0 saturated heterocycles. The molecule has 0 bridgehead atoms. The zero-order valence-corrected chi connectivity index (χ0v) is 14.7. The summed E-state index contributed by atoms with van der Waals surface area (Å²) >= 11 is 0.498. The number of hydrogen-bond donors (Lipinski definition) is 1. The molecule has 0 aliphatic carbocycles. The molecule has 0 aliphatic heterocycles. The standard InChI is InChI=1S/C15H22F2N2OS.ClH/c1-4-19(5-2,6-3)11-14(20)18-12-7-9-13(10-8-12)21-15(16)17;/h7-10,15H,4-6,11H2,1-3H3;1H. The largest absolute Gasteiger partial charge is 1.00 e. The quantitative estimate of drug-likeness (QED) is 0.554. The van der Waals surface area contributed by atoms with Crippen molar-refractivity contribution in [3.05, 3.63) is 24.3 Å². The predicted octanol–water partition coefficient (Wildman–Crippen LogP) is 0.820. The Morgan fingerprint density at radius 2 is 1.64 bits per heavy atom. The third kappa shape index (κ3) is 6.50. The maximum Gasteiger partial charge on any atom is 0.288 e. The van der Waals surface area contributed by atoms with Gasteiger partial charge in [0.25, 0.3) is 11.7 Å². The van der Waals surface area contributed by atoms with Crippen LogP contribution in [0.25, 0.3) is 0 Å². The minimum absolute atomic E-state index is 0. The van der Waals surface area contributed by atoms with E-state index in [1.54, 1.807) is 24.3 Å². The van der Waals surface area contributed by atoms with Gasteiger partial charge in [0.15, 0.2) is 6.54 Å². The van der Waals surface area contributed by atoms with Crippen molar-refractivity contribution in [1.82, 2.24) is 0 Å². The molecule has 126 valence electrons. The van der Waals surface area contributed by atoms with Crippen LogP contribution in [0.3, 0.4) is 0 Å². The van der Waals surface area contributed by atoms with Crippen molar-refractivity contribution in [2.24, 2.45) is 0 Å². The molecular weight excluding hydrogens is 330 g/mol. The summed E-state index contributed by atoms with van der Waals surface area (Å²) in [6.45, 7) is 9.39. The average molecular weight is 353 g/mol. The Kier molecular flexibility index (Phi) is 9.64. The fraction of sp³-hybridized carbons (Fsp3) is 0.533. The number of carbonyl (C=O) groups excluding carboxylic acids is 1. The van der Waals surface area contributed by atoms with Crippen LogP contribution >= 0.6 is 11.8 Å². The zero-order valence-electron chi connectivity index (χ0n) is 13.1. The minimum Gasteiger partial charge on any atom is -1.00 e. The number of nitrogens with one attached hydrogen (secondary N) is 1. The summed E-state index contributed by atoms with van der Waals surface area (Å²) in [7, 11) is 0. The number of amides is 1. The number of hydrogen-bond acceptors (Lipinski definition) is 2. The lowest BCUT2D eigenvalue weighted by Gasteiger charge is -2.34. The number of anilines is 1. The van der Waals surface area contributed by atoms with Crippen LogP contribution in [-0.2, 0) is 4.79 Å². The van der Waals surface area contributed by atoms with E-state index >= 15 is 0 Å². The summed E-state index contributed by atoms with van der Waals surface area (Å²) in [5.41, 5.74) is 0.639. The molecule has 0 atom stereocenters. The third-order valence-corrected chi connectivity index (χ3v) is 4.58. The van der Waals surface area contributed by atoms with Crippen molar-refractivity contribution in [2.75, 3.05) is 31.5 Å². The first kappa shape index (κ1) is 21.1. The second-order valence-corrected chi connectivity index (χ2v) is 5.96. The number of benzene rings is 1. The van der Waals surface area contributed by atoms with Crippen LogP contribution in [0.5, 0.6) is 0 Å². The number of nitrogens with zero attached hydrogens (tertiary/aromatic N) is 1. The Morgan fingerprint density at radius 3 is 2.05 bits per heavy atom. The summed E-state index contributed by atoms with van der Waals surface area (Å²) in [5, 5.41) is 2.83. The molecule has 1 N–H and O–H groups in total. The molecule has 0 aromatic heterocycles. The van der Waals surface area contributed by atoms with Gasteiger partial charge in [-0.15, -0.1) is 0 Å². The topological polar surface area (TPSA) is 29.1 Å². The van der Waals surface area contributed by atoms with Crippen molar-refractivity contribution in [3.8, 4) is 0 Å². The van der Waals surface area contributed by atoms with Crippen LogP contribution in [0, 0.1) is 0 Å². The van der Waals surface area contributed by atoms with Crippen molar-refractivity contribution in [1.29, 1.82) is 0 Å². The molecule has 0 aliphatic rings. The number of thioether (sulfide) groups is 1. The second kappa shape index (κ2) is 10.0. The molecule has 1 rings (SSSR count). The third-order valence-electron chi connectivity index (χ3n) is 3.85. The molecule has 1 amide bonds. The molecule has 0 fully saturated rings. The molecular formula is C15H23ClF2N2OS. The Hall–Kier alpha value is -0.850. The highest BCUT2D eigenvalue weighted by atomic mass is 35.5. The van der Waals surface area contributed by atoms with E-state index in [4.69, 9.17) is 0 Å². The van der Waals surface area contributed by atoms with Gasteiger partial charge in [-0.3, -0.25) is 4.79 Å².